The number of benzene rings is 4. The first kappa shape index (κ1) is 31.8. The first-order valence-electron chi connectivity index (χ1n) is 17.1. The van der Waals surface area contributed by atoms with Crippen LogP contribution in [-0.4, -0.2) is 77.6 Å². The Morgan fingerprint density at radius 3 is 2.08 bits per heavy atom. The predicted octanol–water partition coefficient (Wildman–Crippen LogP) is 6.93. The summed E-state index contributed by atoms with van der Waals surface area (Å²) in [7, 11) is 9.45. The van der Waals surface area contributed by atoms with E-state index in [-0.39, 0.29) is 18.2 Å². The lowest BCUT2D eigenvalue weighted by Crippen LogP contribution is -2.34. The van der Waals surface area contributed by atoms with E-state index in [2.05, 4.69) is 78.5 Å². The molecule has 1 saturated heterocycles. The molecule has 4 aromatic rings. The fourth-order valence-corrected chi connectivity index (χ4v) is 7.56. The van der Waals surface area contributed by atoms with Gasteiger partial charge in [0, 0.05) is 30.7 Å². The third-order valence-electron chi connectivity index (χ3n) is 10.5. The van der Waals surface area contributed by atoms with Gasteiger partial charge >= 0.3 is 0 Å². The van der Waals surface area contributed by atoms with Gasteiger partial charge in [0.1, 0.15) is 18.5 Å². The van der Waals surface area contributed by atoms with Crippen molar-refractivity contribution < 1.29 is 33.2 Å². The predicted molar refractivity (Wildman–Crippen MR) is 186 cm³/mol. The van der Waals surface area contributed by atoms with Gasteiger partial charge in [0.25, 0.3) is 0 Å². The summed E-state index contributed by atoms with van der Waals surface area (Å²) >= 11 is 0. The summed E-state index contributed by atoms with van der Waals surface area (Å²) in [4.78, 5) is 4.83. The van der Waals surface area contributed by atoms with Crippen LogP contribution in [0.15, 0.2) is 60.7 Å². The smallest absolute Gasteiger partial charge is 0.204 e. The van der Waals surface area contributed by atoms with Gasteiger partial charge in [-0.2, -0.15) is 0 Å². The van der Waals surface area contributed by atoms with Crippen molar-refractivity contribution >= 4 is 0 Å². The number of nitrogens with zero attached hydrogens (tertiary/aromatic N) is 2. The number of hydrogen-bond acceptors (Lipinski definition) is 9. The SMILES string of the molecule is COc1ccc2cc1Oc1ccc(cc1)C[C@H]1c3cc(c(OC)cc3CCN1C)Oc1c(OCC3CO3)c(OC)cc3c1[C@H](C2)N(C)CC3. The van der Waals surface area contributed by atoms with E-state index in [1.165, 1.54) is 22.3 Å². The fourth-order valence-electron chi connectivity index (χ4n) is 7.56. The van der Waals surface area contributed by atoms with Gasteiger partial charge in [-0.3, -0.25) is 9.80 Å². The molecule has 49 heavy (non-hydrogen) atoms. The minimum atomic E-state index is -0.0221. The first-order valence-corrected chi connectivity index (χ1v) is 17.1. The molecule has 9 heteroatoms. The Morgan fingerprint density at radius 2 is 1.35 bits per heavy atom. The average molecular weight is 665 g/mol. The van der Waals surface area contributed by atoms with Crippen molar-refractivity contribution in [3.05, 3.63) is 94.0 Å². The summed E-state index contributed by atoms with van der Waals surface area (Å²) in [5.74, 6) is 5.40. The maximum absolute atomic E-state index is 7.15. The molecule has 0 amide bonds. The molecule has 256 valence electrons. The summed E-state index contributed by atoms with van der Waals surface area (Å²) in [5, 5.41) is 0. The molecule has 0 spiro atoms. The Morgan fingerprint density at radius 1 is 0.694 bits per heavy atom. The van der Waals surface area contributed by atoms with E-state index >= 15 is 0 Å². The molecule has 1 fully saturated rings. The molecule has 4 aromatic carbocycles. The second kappa shape index (κ2) is 13.1. The highest BCUT2D eigenvalue weighted by Crippen LogP contribution is 2.52. The van der Waals surface area contributed by atoms with Crippen molar-refractivity contribution in [1.29, 1.82) is 0 Å². The van der Waals surface area contributed by atoms with Crippen LogP contribution >= 0.6 is 0 Å². The van der Waals surface area contributed by atoms with Crippen LogP contribution in [0, 0.1) is 0 Å². The molecule has 3 atom stereocenters. The topological polar surface area (TPSA) is 74.4 Å². The molecule has 0 saturated carbocycles. The monoisotopic (exact) mass is 664 g/mol. The summed E-state index contributed by atoms with van der Waals surface area (Å²) in [6.45, 7) is 2.94. The summed E-state index contributed by atoms with van der Waals surface area (Å²) in [5.41, 5.74) is 7.13. The fraction of sp³-hybridized carbons (Fsp3) is 0.400. The Bertz CT molecular complexity index is 1860. The molecule has 9 rings (SSSR count). The highest BCUT2D eigenvalue weighted by atomic mass is 16.6. The number of hydrogen-bond donors (Lipinski definition) is 0. The Kier molecular flexibility index (Phi) is 8.51. The maximum atomic E-state index is 7.15. The normalized spacial score (nSPS) is 21.4. The molecule has 5 aliphatic heterocycles. The van der Waals surface area contributed by atoms with E-state index in [0.717, 1.165) is 49.2 Å². The molecule has 0 radical (unpaired) electrons. The second-order valence-electron chi connectivity index (χ2n) is 13.5. The van der Waals surface area contributed by atoms with Gasteiger partial charge in [0.2, 0.25) is 5.75 Å². The van der Waals surface area contributed by atoms with E-state index in [1.54, 1.807) is 21.3 Å². The third-order valence-corrected chi connectivity index (χ3v) is 10.5. The number of rotatable bonds is 6. The minimum Gasteiger partial charge on any atom is -0.493 e. The maximum Gasteiger partial charge on any atom is 0.204 e. The van der Waals surface area contributed by atoms with E-state index in [1.807, 2.05) is 6.07 Å². The van der Waals surface area contributed by atoms with Gasteiger partial charge in [0.15, 0.2) is 34.5 Å². The lowest BCUT2D eigenvalue weighted by atomic mass is 9.87. The number of epoxide rings is 1. The molecule has 6 bridgehead atoms. The molecule has 0 aliphatic carbocycles. The zero-order chi connectivity index (χ0) is 33.6. The zero-order valence-electron chi connectivity index (χ0n) is 28.9. The summed E-state index contributed by atoms with van der Waals surface area (Å²) < 4.78 is 43.5. The third kappa shape index (κ3) is 6.16. The Labute approximate surface area is 288 Å². The molecule has 5 heterocycles. The second-order valence-corrected chi connectivity index (χ2v) is 13.5. The van der Waals surface area contributed by atoms with Gasteiger partial charge in [-0.25, -0.2) is 0 Å². The van der Waals surface area contributed by atoms with Crippen molar-refractivity contribution in [3.63, 3.8) is 0 Å². The van der Waals surface area contributed by atoms with Crippen LogP contribution in [0.25, 0.3) is 0 Å². The summed E-state index contributed by atoms with van der Waals surface area (Å²) in [6.07, 6.45) is 3.40. The quantitative estimate of drug-likeness (QED) is 0.204. The van der Waals surface area contributed by atoms with E-state index in [4.69, 9.17) is 33.2 Å². The van der Waals surface area contributed by atoms with Gasteiger partial charge in [-0.15, -0.1) is 0 Å². The Balaban J connectivity index is 1.35. The first-order chi connectivity index (χ1) is 23.9. The number of fused-ring (bicyclic) bond motifs is 2. The van der Waals surface area contributed by atoms with Gasteiger partial charge in [-0.05, 0) is 110 Å². The van der Waals surface area contributed by atoms with Crippen molar-refractivity contribution in [2.24, 2.45) is 0 Å². The highest BCUT2D eigenvalue weighted by molar-refractivity contribution is 5.64. The van der Waals surface area contributed by atoms with Gasteiger partial charge in [-0.1, -0.05) is 18.2 Å². The number of likely N-dealkylation sites (N-methyl/N-ethyl adjacent to an activating group) is 2. The van der Waals surface area contributed by atoms with Gasteiger partial charge < -0.3 is 33.2 Å². The van der Waals surface area contributed by atoms with Crippen molar-refractivity contribution in [3.8, 4) is 46.0 Å². The molecule has 0 aromatic heterocycles. The van der Waals surface area contributed by atoms with Crippen LogP contribution in [0.2, 0.25) is 0 Å². The van der Waals surface area contributed by atoms with Crippen molar-refractivity contribution in [2.45, 2.75) is 43.9 Å². The number of ether oxygens (including phenoxy) is 7. The van der Waals surface area contributed by atoms with E-state index < -0.39 is 0 Å². The Hall–Kier alpha value is -4.44. The molecule has 0 N–H and O–H groups in total. The van der Waals surface area contributed by atoms with Crippen LogP contribution in [0.5, 0.6) is 46.0 Å². The molecule has 1 unspecified atom stereocenters. The van der Waals surface area contributed by atoms with E-state index in [9.17, 15) is 0 Å². The van der Waals surface area contributed by atoms with Crippen LogP contribution in [0.3, 0.4) is 0 Å². The minimum absolute atomic E-state index is 0.0221. The van der Waals surface area contributed by atoms with Gasteiger partial charge in [0.05, 0.1) is 27.9 Å². The lowest BCUT2D eigenvalue weighted by Gasteiger charge is -2.37. The average Bonchev–Trinajstić information content (AvgIpc) is 3.95. The standard InChI is InChI=1S/C40H44N2O7/c1-41-14-12-26-19-34(44-4)36-21-30(26)31(41)16-24-6-9-28(10-7-24)48-35-18-25(8-11-33(35)43-3)17-32-38-27(13-15-42(32)2)20-37(45-5)39(40(38)49-36)47-23-29-22-46-29/h6-11,18-21,29,31-32H,12-17,22-23H2,1-5H3/t29?,31-,32-/m0/s1. The number of methoxy groups -OCH3 is 3. The largest absolute Gasteiger partial charge is 0.493 e. The van der Waals surface area contributed by atoms with Crippen LogP contribution in [0.4, 0.5) is 0 Å². The molecule has 9 nitrogen and oxygen atoms in total. The van der Waals surface area contributed by atoms with Crippen LogP contribution < -0.4 is 28.4 Å². The van der Waals surface area contributed by atoms with Crippen molar-refractivity contribution in [2.75, 3.05) is 61.7 Å². The highest BCUT2D eigenvalue weighted by Gasteiger charge is 2.36. The lowest BCUT2D eigenvalue weighted by molar-refractivity contribution is 0.214. The zero-order valence-corrected chi connectivity index (χ0v) is 28.9. The molecule has 5 aliphatic rings. The van der Waals surface area contributed by atoms with Crippen LogP contribution in [-0.2, 0) is 30.4 Å². The molecular formula is C40H44N2O7. The van der Waals surface area contributed by atoms with E-state index in [0.29, 0.717) is 59.9 Å². The van der Waals surface area contributed by atoms with Crippen LogP contribution in [0.1, 0.15) is 45.5 Å². The summed E-state index contributed by atoms with van der Waals surface area (Å²) in [6, 6.07) is 21.2. The van der Waals surface area contributed by atoms with Crippen molar-refractivity contribution in [1.82, 2.24) is 9.80 Å². The molecular weight excluding hydrogens is 620 g/mol.